The summed E-state index contributed by atoms with van der Waals surface area (Å²) in [6, 6.07) is 7.11. The Morgan fingerprint density at radius 3 is 2.79 bits per heavy atom. The zero-order chi connectivity index (χ0) is 13.8. The summed E-state index contributed by atoms with van der Waals surface area (Å²) in [7, 11) is 0. The third kappa shape index (κ3) is 2.93. The number of hydrogen-bond donors (Lipinski definition) is 1. The molecule has 1 heterocycles. The molecule has 6 heteroatoms. The second kappa shape index (κ2) is 5.84. The van der Waals surface area contributed by atoms with E-state index in [1.54, 1.807) is 32.0 Å². The molecule has 0 saturated heterocycles. The van der Waals surface area contributed by atoms with Crippen LogP contribution in [-0.4, -0.2) is 27.8 Å². The van der Waals surface area contributed by atoms with Gasteiger partial charge in [0.15, 0.2) is 5.82 Å². The molecule has 1 aromatic carbocycles. The molecule has 0 aliphatic rings. The molecule has 19 heavy (non-hydrogen) atoms. The van der Waals surface area contributed by atoms with Crippen LogP contribution in [0.5, 0.6) is 0 Å². The number of ether oxygens (including phenoxy) is 1. The Morgan fingerprint density at radius 1 is 1.47 bits per heavy atom. The van der Waals surface area contributed by atoms with Crippen molar-refractivity contribution >= 4 is 17.6 Å². The van der Waals surface area contributed by atoms with Crippen LogP contribution >= 0.6 is 11.6 Å². The molecule has 0 bridgehead atoms. The molecule has 100 valence electrons. The Morgan fingerprint density at radius 2 is 2.21 bits per heavy atom. The summed E-state index contributed by atoms with van der Waals surface area (Å²) in [5.74, 6) is -0.117. The lowest BCUT2D eigenvalue weighted by Gasteiger charge is -2.14. The number of carbonyl (C=O) groups is 1. The first-order valence-electron chi connectivity index (χ1n) is 5.93. The van der Waals surface area contributed by atoms with E-state index in [0.717, 1.165) is 0 Å². The minimum atomic E-state index is -0.710. The summed E-state index contributed by atoms with van der Waals surface area (Å²) in [6.45, 7) is 3.82. The Balaban J connectivity index is 2.46. The second-order valence-electron chi connectivity index (χ2n) is 3.99. The van der Waals surface area contributed by atoms with Crippen molar-refractivity contribution in [1.82, 2.24) is 15.2 Å². The zero-order valence-corrected chi connectivity index (χ0v) is 11.4. The molecule has 1 aromatic heterocycles. The van der Waals surface area contributed by atoms with Gasteiger partial charge in [0, 0.05) is 5.02 Å². The third-order valence-electron chi connectivity index (χ3n) is 2.61. The Labute approximate surface area is 116 Å². The van der Waals surface area contributed by atoms with Gasteiger partial charge in [0.1, 0.15) is 11.7 Å². The largest absolute Gasteiger partial charge is 0.465 e. The number of esters is 1. The van der Waals surface area contributed by atoms with Crippen molar-refractivity contribution in [3.8, 4) is 0 Å². The fourth-order valence-electron chi connectivity index (χ4n) is 1.80. The predicted molar refractivity (Wildman–Crippen MR) is 71.0 cm³/mol. The molecule has 0 radical (unpaired) electrons. The lowest BCUT2D eigenvalue weighted by Crippen LogP contribution is -2.19. The highest BCUT2D eigenvalue weighted by molar-refractivity contribution is 6.31. The average Bonchev–Trinajstić information content (AvgIpc) is 2.79. The molecular weight excluding hydrogens is 266 g/mol. The molecule has 5 nitrogen and oxygen atoms in total. The van der Waals surface area contributed by atoms with Crippen LogP contribution in [0.4, 0.5) is 0 Å². The molecule has 0 aliphatic heterocycles. The summed E-state index contributed by atoms with van der Waals surface area (Å²) < 4.78 is 5.09. The van der Waals surface area contributed by atoms with Crippen LogP contribution in [0.2, 0.25) is 5.02 Å². The fraction of sp³-hybridized carbons (Fsp3) is 0.308. The number of nitrogens with one attached hydrogen (secondary N) is 1. The van der Waals surface area contributed by atoms with Crippen molar-refractivity contribution in [3.63, 3.8) is 0 Å². The van der Waals surface area contributed by atoms with E-state index in [0.29, 0.717) is 28.8 Å². The van der Waals surface area contributed by atoms with Crippen LogP contribution in [0, 0.1) is 6.92 Å². The van der Waals surface area contributed by atoms with Crippen LogP contribution in [0.3, 0.4) is 0 Å². The predicted octanol–water partition coefficient (Wildman–Crippen LogP) is 2.46. The number of aromatic amines is 1. The quantitative estimate of drug-likeness (QED) is 0.873. The number of aromatic nitrogens is 3. The van der Waals surface area contributed by atoms with Crippen molar-refractivity contribution < 1.29 is 9.53 Å². The van der Waals surface area contributed by atoms with E-state index in [2.05, 4.69) is 15.2 Å². The van der Waals surface area contributed by atoms with Crippen molar-refractivity contribution in [3.05, 3.63) is 46.5 Å². The van der Waals surface area contributed by atoms with Crippen LogP contribution in [0.15, 0.2) is 24.3 Å². The van der Waals surface area contributed by atoms with E-state index in [9.17, 15) is 4.79 Å². The first kappa shape index (κ1) is 13.5. The van der Waals surface area contributed by atoms with Gasteiger partial charge in [0.2, 0.25) is 0 Å². The normalized spacial score (nSPS) is 12.2. The van der Waals surface area contributed by atoms with E-state index in [-0.39, 0.29) is 0 Å². The maximum absolute atomic E-state index is 12.1. The minimum Gasteiger partial charge on any atom is -0.465 e. The Kier molecular flexibility index (Phi) is 4.16. The van der Waals surface area contributed by atoms with Crippen molar-refractivity contribution in [2.75, 3.05) is 6.61 Å². The number of aryl methyl sites for hydroxylation is 1. The van der Waals surface area contributed by atoms with Crippen molar-refractivity contribution in [1.29, 1.82) is 0 Å². The highest BCUT2D eigenvalue weighted by Gasteiger charge is 2.29. The van der Waals surface area contributed by atoms with E-state index in [1.807, 2.05) is 6.07 Å². The minimum absolute atomic E-state index is 0.295. The van der Waals surface area contributed by atoms with Gasteiger partial charge in [-0.3, -0.25) is 9.89 Å². The maximum Gasteiger partial charge on any atom is 0.321 e. The van der Waals surface area contributed by atoms with Crippen LogP contribution in [-0.2, 0) is 9.53 Å². The standard InChI is InChI=1S/C13H14ClN3O2/c1-3-19-13(18)11(12-15-8(2)16-17-12)9-6-4-5-7-10(9)14/h4-7,11H,3H2,1-2H3,(H,15,16,17). The van der Waals surface area contributed by atoms with Gasteiger partial charge in [-0.1, -0.05) is 29.8 Å². The highest BCUT2D eigenvalue weighted by Crippen LogP contribution is 2.29. The summed E-state index contributed by atoms with van der Waals surface area (Å²) in [4.78, 5) is 16.3. The van der Waals surface area contributed by atoms with Gasteiger partial charge in [-0.05, 0) is 25.5 Å². The van der Waals surface area contributed by atoms with Crippen molar-refractivity contribution in [2.45, 2.75) is 19.8 Å². The number of hydrogen-bond acceptors (Lipinski definition) is 4. The van der Waals surface area contributed by atoms with Gasteiger partial charge < -0.3 is 4.74 Å². The third-order valence-corrected chi connectivity index (χ3v) is 2.96. The number of carbonyl (C=O) groups excluding carboxylic acids is 1. The molecule has 0 saturated carbocycles. The summed E-state index contributed by atoms with van der Waals surface area (Å²) in [5, 5.41) is 7.25. The molecule has 1 atom stereocenters. The Hall–Kier alpha value is -1.88. The van der Waals surface area contributed by atoms with Gasteiger partial charge >= 0.3 is 5.97 Å². The molecule has 1 N–H and O–H groups in total. The van der Waals surface area contributed by atoms with Gasteiger partial charge in [0.05, 0.1) is 6.61 Å². The first-order chi connectivity index (χ1) is 9.13. The molecule has 0 fully saturated rings. The molecule has 0 amide bonds. The topological polar surface area (TPSA) is 67.9 Å². The summed E-state index contributed by atoms with van der Waals surface area (Å²) in [5.41, 5.74) is 0.640. The molecule has 2 aromatic rings. The summed E-state index contributed by atoms with van der Waals surface area (Å²) >= 11 is 6.15. The smallest absolute Gasteiger partial charge is 0.321 e. The van der Waals surface area contributed by atoms with E-state index < -0.39 is 11.9 Å². The lowest BCUT2D eigenvalue weighted by atomic mass is 9.98. The first-order valence-corrected chi connectivity index (χ1v) is 6.31. The van der Waals surface area contributed by atoms with Gasteiger partial charge in [-0.15, -0.1) is 0 Å². The fourth-order valence-corrected chi connectivity index (χ4v) is 2.04. The molecule has 0 spiro atoms. The maximum atomic E-state index is 12.1. The SMILES string of the molecule is CCOC(=O)C(c1n[nH]c(C)n1)c1ccccc1Cl. The van der Waals surface area contributed by atoms with Crippen LogP contribution in [0.25, 0.3) is 0 Å². The number of nitrogens with zero attached hydrogens (tertiary/aromatic N) is 2. The van der Waals surface area contributed by atoms with E-state index >= 15 is 0 Å². The average molecular weight is 280 g/mol. The number of H-pyrrole nitrogens is 1. The Bertz CT molecular complexity index is 583. The van der Waals surface area contributed by atoms with Crippen molar-refractivity contribution in [2.24, 2.45) is 0 Å². The number of rotatable bonds is 4. The monoisotopic (exact) mass is 279 g/mol. The van der Waals surface area contributed by atoms with Gasteiger partial charge in [-0.25, -0.2) is 4.98 Å². The second-order valence-corrected chi connectivity index (χ2v) is 4.39. The highest BCUT2D eigenvalue weighted by atomic mass is 35.5. The molecule has 0 aliphatic carbocycles. The van der Waals surface area contributed by atoms with Gasteiger partial charge in [0.25, 0.3) is 0 Å². The van der Waals surface area contributed by atoms with E-state index in [1.165, 1.54) is 0 Å². The van der Waals surface area contributed by atoms with Crippen LogP contribution in [0.1, 0.15) is 30.1 Å². The molecule has 1 unspecified atom stereocenters. The number of benzene rings is 1. The molecule has 2 rings (SSSR count). The van der Waals surface area contributed by atoms with Gasteiger partial charge in [-0.2, -0.15) is 5.10 Å². The summed E-state index contributed by atoms with van der Waals surface area (Å²) in [6.07, 6.45) is 0. The zero-order valence-electron chi connectivity index (χ0n) is 10.7. The van der Waals surface area contributed by atoms with E-state index in [4.69, 9.17) is 16.3 Å². The lowest BCUT2D eigenvalue weighted by molar-refractivity contribution is -0.144. The number of halogens is 1. The van der Waals surface area contributed by atoms with Crippen LogP contribution < -0.4 is 0 Å². The molecular formula is C13H14ClN3O2.